The molecule has 0 radical (unpaired) electrons. The quantitative estimate of drug-likeness (QED) is 0.692. The molecule has 144 valence electrons. The van der Waals surface area contributed by atoms with Gasteiger partial charge in [0.15, 0.2) is 27.5 Å². The number of carbonyl (C=O) groups excluding carboxylic acids is 2. The van der Waals surface area contributed by atoms with Gasteiger partial charge in [0.2, 0.25) is 5.91 Å². The third kappa shape index (κ3) is 5.69. The van der Waals surface area contributed by atoms with Gasteiger partial charge in [0.25, 0.3) is 5.91 Å². The minimum atomic E-state index is -3.30. The van der Waals surface area contributed by atoms with Crippen molar-refractivity contribution in [2.24, 2.45) is 0 Å². The van der Waals surface area contributed by atoms with Gasteiger partial charge < -0.3 is 4.74 Å². The number of rotatable bonds is 7. The summed E-state index contributed by atoms with van der Waals surface area (Å²) in [7, 11) is -3.30. The summed E-state index contributed by atoms with van der Waals surface area (Å²) >= 11 is 0. The van der Waals surface area contributed by atoms with Gasteiger partial charge in [-0.15, -0.1) is 0 Å². The SMILES string of the molecule is CC(Oc1ccccc1F)C(=O)NNC(=O)CCS(=O)(=O)C1CCCC1. The fourth-order valence-corrected chi connectivity index (χ4v) is 4.58. The van der Waals surface area contributed by atoms with E-state index in [9.17, 15) is 22.4 Å². The van der Waals surface area contributed by atoms with Gasteiger partial charge in [-0.3, -0.25) is 20.4 Å². The monoisotopic (exact) mass is 386 g/mol. The van der Waals surface area contributed by atoms with Crippen molar-refractivity contribution in [1.29, 1.82) is 0 Å². The number of halogens is 1. The highest BCUT2D eigenvalue weighted by Crippen LogP contribution is 2.25. The van der Waals surface area contributed by atoms with E-state index < -0.39 is 33.6 Å². The number of carbonyl (C=O) groups is 2. The summed E-state index contributed by atoms with van der Waals surface area (Å²) < 4.78 is 42.9. The van der Waals surface area contributed by atoms with Crippen LogP contribution in [0.3, 0.4) is 0 Å². The molecule has 2 rings (SSSR count). The molecular weight excluding hydrogens is 363 g/mol. The van der Waals surface area contributed by atoms with E-state index in [0.717, 1.165) is 12.8 Å². The van der Waals surface area contributed by atoms with Crippen LogP contribution in [0, 0.1) is 5.82 Å². The van der Waals surface area contributed by atoms with Gasteiger partial charge in [0.05, 0.1) is 11.0 Å². The molecule has 1 saturated carbocycles. The number of hydrogen-bond acceptors (Lipinski definition) is 5. The summed E-state index contributed by atoms with van der Waals surface area (Å²) in [4.78, 5) is 23.6. The molecule has 1 unspecified atom stereocenters. The second-order valence-electron chi connectivity index (χ2n) is 6.25. The van der Waals surface area contributed by atoms with Crippen molar-refractivity contribution in [2.75, 3.05) is 5.75 Å². The molecule has 0 spiro atoms. The number of amides is 2. The maximum absolute atomic E-state index is 13.5. The smallest absolute Gasteiger partial charge is 0.279 e. The summed E-state index contributed by atoms with van der Waals surface area (Å²) in [6.45, 7) is 1.40. The number of hydrazine groups is 1. The number of sulfone groups is 1. The second kappa shape index (κ2) is 8.98. The standard InChI is InChI=1S/C17H23FN2O5S/c1-12(25-15-9-5-4-8-14(15)18)17(22)20-19-16(21)10-11-26(23,24)13-6-2-3-7-13/h4-5,8-9,12-13H,2-3,6-7,10-11H2,1H3,(H,19,21)(H,20,22). The average molecular weight is 386 g/mol. The molecular formula is C17H23FN2O5S. The Bertz CT molecular complexity index is 747. The first-order valence-corrected chi connectivity index (χ1v) is 10.2. The van der Waals surface area contributed by atoms with Crippen LogP contribution in [0.1, 0.15) is 39.0 Å². The van der Waals surface area contributed by atoms with Crippen LogP contribution in [-0.2, 0) is 19.4 Å². The van der Waals surface area contributed by atoms with Crippen molar-refractivity contribution in [1.82, 2.24) is 10.9 Å². The highest BCUT2D eigenvalue weighted by atomic mass is 32.2. The maximum atomic E-state index is 13.5. The summed E-state index contributed by atoms with van der Waals surface area (Å²) in [6.07, 6.45) is 1.80. The minimum absolute atomic E-state index is 0.0795. The van der Waals surface area contributed by atoms with Crippen LogP contribution in [0.4, 0.5) is 4.39 Å². The zero-order valence-electron chi connectivity index (χ0n) is 14.5. The molecule has 2 amide bonds. The van der Waals surface area contributed by atoms with Crippen molar-refractivity contribution in [2.45, 2.75) is 50.4 Å². The highest BCUT2D eigenvalue weighted by molar-refractivity contribution is 7.92. The third-order valence-corrected chi connectivity index (χ3v) is 6.52. The number of benzene rings is 1. The number of nitrogens with one attached hydrogen (secondary N) is 2. The topological polar surface area (TPSA) is 102 Å². The molecule has 0 aromatic heterocycles. The van der Waals surface area contributed by atoms with Gasteiger partial charge in [0.1, 0.15) is 0 Å². The lowest BCUT2D eigenvalue weighted by Gasteiger charge is -2.15. The molecule has 1 aliphatic rings. The Labute approximate surface area is 152 Å². The number of hydrogen-bond donors (Lipinski definition) is 2. The van der Waals surface area contributed by atoms with Gasteiger partial charge >= 0.3 is 0 Å². The normalized spacial score (nSPS) is 16.1. The Balaban J connectivity index is 1.74. The third-order valence-electron chi connectivity index (χ3n) is 4.26. The first-order chi connectivity index (χ1) is 12.3. The van der Waals surface area contributed by atoms with E-state index in [2.05, 4.69) is 10.9 Å². The molecule has 0 bridgehead atoms. The van der Waals surface area contributed by atoms with Gasteiger partial charge in [0, 0.05) is 6.42 Å². The summed E-state index contributed by atoms with van der Waals surface area (Å²) in [5.41, 5.74) is 4.30. The molecule has 1 fully saturated rings. The van der Waals surface area contributed by atoms with Crippen LogP contribution in [0.2, 0.25) is 0 Å². The van der Waals surface area contributed by atoms with Crippen LogP contribution in [0.5, 0.6) is 5.75 Å². The van der Waals surface area contributed by atoms with Crippen molar-refractivity contribution in [3.63, 3.8) is 0 Å². The van der Waals surface area contributed by atoms with Gasteiger partial charge in [-0.05, 0) is 31.9 Å². The fourth-order valence-electron chi connectivity index (χ4n) is 2.73. The van der Waals surface area contributed by atoms with E-state index in [1.165, 1.54) is 25.1 Å². The van der Waals surface area contributed by atoms with Crippen LogP contribution >= 0.6 is 0 Å². The molecule has 2 N–H and O–H groups in total. The molecule has 0 saturated heterocycles. The van der Waals surface area contributed by atoms with E-state index in [1.54, 1.807) is 6.07 Å². The van der Waals surface area contributed by atoms with Gasteiger partial charge in [-0.25, -0.2) is 12.8 Å². The minimum Gasteiger partial charge on any atom is -0.478 e. The summed E-state index contributed by atoms with van der Waals surface area (Å²) in [5, 5.41) is -0.362. The first-order valence-electron chi connectivity index (χ1n) is 8.51. The van der Waals surface area contributed by atoms with E-state index in [1.807, 2.05) is 0 Å². The molecule has 7 nitrogen and oxygen atoms in total. The van der Waals surface area contributed by atoms with Crippen LogP contribution in [0.15, 0.2) is 24.3 Å². The first kappa shape index (κ1) is 20.2. The molecule has 0 heterocycles. The Morgan fingerprint density at radius 3 is 2.54 bits per heavy atom. The molecule has 26 heavy (non-hydrogen) atoms. The number of para-hydroxylation sites is 1. The van der Waals surface area contributed by atoms with E-state index in [4.69, 9.17) is 4.74 Å². The predicted molar refractivity (Wildman–Crippen MR) is 93.4 cm³/mol. The highest BCUT2D eigenvalue weighted by Gasteiger charge is 2.29. The molecule has 1 aliphatic carbocycles. The van der Waals surface area contributed by atoms with Crippen molar-refractivity contribution < 1.29 is 27.1 Å². The van der Waals surface area contributed by atoms with Gasteiger partial charge in [-0.1, -0.05) is 25.0 Å². The predicted octanol–water partition coefficient (Wildman–Crippen LogP) is 1.49. The second-order valence-corrected chi connectivity index (χ2v) is 8.65. The van der Waals surface area contributed by atoms with Crippen molar-refractivity contribution in [3.8, 4) is 5.75 Å². The van der Waals surface area contributed by atoms with Crippen LogP contribution in [0.25, 0.3) is 0 Å². The molecule has 0 aliphatic heterocycles. The summed E-state index contributed by atoms with van der Waals surface area (Å²) in [6, 6.07) is 5.64. The zero-order valence-corrected chi connectivity index (χ0v) is 15.4. The Morgan fingerprint density at radius 2 is 1.88 bits per heavy atom. The Morgan fingerprint density at radius 1 is 1.23 bits per heavy atom. The fraction of sp³-hybridized carbons (Fsp3) is 0.529. The van der Waals surface area contributed by atoms with Crippen molar-refractivity contribution in [3.05, 3.63) is 30.1 Å². The van der Waals surface area contributed by atoms with Crippen LogP contribution < -0.4 is 15.6 Å². The molecule has 9 heteroatoms. The molecule has 1 aromatic rings. The molecule has 1 aromatic carbocycles. The molecule has 1 atom stereocenters. The van der Waals surface area contributed by atoms with Crippen LogP contribution in [-0.4, -0.2) is 37.3 Å². The lowest BCUT2D eigenvalue weighted by atomic mass is 10.3. The average Bonchev–Trinajstić information content (AvgIpc) is 3.15. The number of ether oxygens (including phenoxy) is 1. The van der Waals surface area contributed by atoms with Crippen molar-refractivity contribution >= 4 is 21.7 Å². The Kier molecular flexibility index (Phi) is 6.96. The van der Waals surface area contributed by atoms with Gasteiger partial charge in [-0.2, -0.15) is 0 Å². The maximum Gasteiger partial charge on any atom is 0.279 e. The largest absolute Gasteiger partial charge is 0.478 e. The lowest BCUT2D eigenvalue weighted by Crippen LogP contribution is -2.47. The lowest BCUT2D eigenvalue weighted by molar-refractivity contribution is -0.132. The van der Waals surface area contributed by atoms with E-state index in [0.29, 0.717) is 12.8 Å². The van der Waals surface area contributed by atoms with E-state index >= 15 is 0 Å². The Hall–Kier alpha value is -2.16. The zero-order chi connectivity index (χ0) is 19.2. The van der Waals surface area contributed by atoms with E-state index in [-0.39, 0.29) is 23.2 Å². The summed E-state index contributed by atoms with van der Waals surface area (Å²) in [5.74, 6) is -2.23.